The number of alkyl halides is 1. The van der Waals surface area contributed by atoms with Gasteiger partial charge in [0.15, 0.2) is 0 Å². The van der Waals surface area contributed by atoms with E-state index in [-0.39, 0.29) is 0 Å². The van der Waals surface area contributed by atoms with Crippen molar-refractivity contribution in [2.75, 3.05) is 25.1 Å². The van der Waals surface area contributed by atoms with E-state index >= 15 is 0 Å². The molecular formula is C19H26FNO. The van der Waals surface area contributed by atoms with E-state index in [4.69, 9.17) is 4.74 Å². The Kier molecular flexibility index (Phi) is 6.50. The zero-order valence-corrected chi connectivity index (χ0v) is 13.6. The molecular weight excluding hydrogens is 277 g/mol. The van der Waals surface area contributed by atoms with E-state index < -0.39 is 6.17 Å². The molecule has 1 aromatic rings. The van der Waals surface area contributed by atoms with Crippen molar-refractivity contribution >= 4 is 5.69 Å². The van der Waals surface area contributed by atoms with Gasteiger partial charge in [-0.15, -0.1) is 0 Å². The molecule has 1 unspecified atom stereocenters. The van der Waals surface area contributed by atoms with Crippen molar-refractivity contribution in [3.05, 3.63) is 48.1 Å². The maximum absolute atomic E-state index is 13.2. The average Bonchev–Trinajstić information content (AvgIpc) is 2.56. The summed E-state index contributed by atoms with van der Waals surface area (Å²) in [7, 11) is 1.68. The summed E-state index contributed by atoms with van der Waals surface area (Å²) in [6.45, 7) is 4.06. The monoisotopic (exact) mass is 303 g/mol. The molecule has 2 nitrogen and oxygen atoms in total. The normalized spacial score (nSPS) is 17.2. The van der Waals surface area contributed by atoms with Crippen LogP contribution in [0, 0.1) is 0 Å². The van der Waals surface area contributed by atoms with Crippen molar-refractivity contribution < 1.29 is 9.13 Å². The van der Waals surface area contributed by atoms with Gasteiger partial charge >= 0.3 is 0 Å². The van der Waals surface area contributed by atoms with Crippen molar-refractivity contribution in [1.82, 2.24) is 0 Å². The van der Waals surface area contributed by atoms with Crippen LogP contribution >= 0.6 is 0 Å². The van der Waals surface area contributed by atoms with E-state index in [0.29, 0.717) is 6.42 Å². The highest BCUT2D eigenvalue weighted by Gasteiger charge is 2.11. The smallest absolute Gasteiger partial charge is 0.122 e. The highest BCUT2D eigenvalue weighted by Crippen LogP contribution is 2.22. The number of hydrogen-bond donors (Lipinski definition) is 0. The van der Waals surface area contributed by atoms with E-state index in [9.17, 15) is 4.39 Å². The fraction of sp³-hybridized carbons (Fsp3) is 0.474. The summed E-state index contributed by atoms with van der Waals surface area (Å²) < 4.78 is 18.4. The number of benzene rings is 1. The third-order valence-corrected chi connectivity index (χ3v) is 3.97. The van der Waals surface area contributed by atoms with Gasteiger partial charge in [0.05, 0.1) is 7.11 Å². The van der Waals surface area contributed by atoms with Crippen molar-refractivity contribution in [1.29, 1.82) is 0 Å². The molecule has 0 radical (unpaired) electrons. The summed E-state index contributed by atoms with van der Waals surface area (Å²) >= 11 is 0. The molecule has 1 aliphatic rings. The first-order valence-electron chi connectivity index (χ1n) is 8.13. The summed E-state index contributed by atoms with van der Waals surface area (Å²) in [6, 6.07) is 8.17. The zero-order chi connectivity index (χ0) is 15.8. The lowest BCUT2D eigenvalue weighted by Gasteiger charge is -2.26. The molecule has 2 rings (SSSR count). The van der Waals surface area contributed by atoms with E-state index in [1.807, 2.05) is 24.3 Å². The zero-order valence-electron chi connectivity index (χ0n) is 13.6. The van der Waals surface area contributed by atoms with Gasteiger partial charge in [0, 0.05) is 25.2 Å². The maximum Gasteiger partial charge on any atom is 0.122 e. The van der Waals surface area contributed by atoms with Crippen LogP contribution in [0.1, 0.15) is 32.6 Å². The Morgan fingerprint density at radius 2 is 2.00 bits per heavy atom. The van der Waals surface area contributed by atoms with Gasteiger partial charge < -0.3 is 9.64 Å². The predicted molar refractivity (Wildman–Crippen MR) is 91.5 cm³/mol. The second kappa shape index (κ2) is 8.62. The molecule has 0 spiro atoms. The molecule has 0 heterocycles. The molecule has 1 aliphatic carbocycles. The molecule has 0 aliphatic heterocycles. The van der Waals surface area contributed by atoms with Gasteiger partial charge in [0.25, 0.3) is 0 Å². The molecule has 22 heavy (non-hydrogen) atoms. The largest absolute Gasteiger partial charge is 0.497 e. The molecule has 1 atom stereocenters. The molecule has 120 valence electrons. The molecule has 3 heteroatoms. The Morgan fingerprint density at radius 3 is 2.59 bits per heavy atom. The summed E-state index contributed by atoms with van der Waals surface area (Å²) in [5.74, 6) is 0.870. The number of methoxy groups -OCH3 is 1. The summed E-state index contributed by atoms with van der Waals surface area (Å²) in [6.07, 6.45) is 8.89. The molecule has 0 bridgehead atoms. The third-order valence-electron chi connectivity index (χ3n) is 3.97. The van der Waals surface area contributed by atoms with Crippen LogP contribution in [0.15, 0.2) is 48.1 Å². The standard InChI is InChI=1S/C19H26FNO/c1-3-4-5-14-21(15-16-6-8-17(20)9-7-16)18-10-12-19(22-2)13-11-18/h6-8,10-13,17H,3-5,9,14-15H2,1-2H3. The summed E-state index contributed by atoms with van der Waals surface area (Å²) in [5.41, 5.74) is 2.38. The molecule has 0 saturated heterocycles. The first kappa shape index (κ1) is 16.6. The fourth-order valence-electron chi connectivity index (χ4n) is 2.62. The molecule has 0 aromatic heterocycles. The second-order valence-corrected chi connectivity index (χ2v) is 5.72. The number of nitrogens with zero attached hydrogens (tertiary/aromatic N) is 1. The van der Waals surface area contributed by atoms with Crippen LogP contribution in [-0.4, -0.2) is 26.4 Å². The van der Waals surface area contributed by atoms with Gasteiger partial charge in [-0.25, -0.2) is 4.39 Å². The minimum absolute atomic E-state index is 0.497. The number of allylic oxidation sites excluding steroid dienone is 2. The fourth-order valence-corrected chi connectivity index (χ4v) is 2.62. The number of hydrogen-bond acceptors (Lipinski definition) is 2. The first-order valence-corrected chi connectivity index (χ1v) is 8.13. The Hall–Kier alpha value is -1.77. The lowest BCUT2D eigenvalue weighted by Crippen LogP contribution is -2.27. The third kappa shape index (κ3) is 4.90. The minimum atomic E-state index is -0.821. The lowest BCUT2D eigenvalue weighted by molar-refractivity contribution is 0.400. The van der Waals surface area contributed by atoms with Crippen LogP contribution in [-0.2, 0) is 0 Å². The SMILES string of the molecule is CCCCCN(CC1=CCC(F)C=C1)c1ccc(OC)cc1. The quantitative estimate of drug-likeness (QED) is 0.632. The van der Waals surface area contributed by atoms with Gasteiger partial charge in [-0.1, -0.05) is 38.0 Å². The van der Waals surface area contributed by atoms with Crippen LogP contribution in [0.2, 0.25) is 0 Å². The molecule has 0 N–H and O–H groups in total. The van der Waals surface area contributed by atoms with Crippen molar-refractivity contribution in [3.63, 3.8) is 0 Å². The Balaban J connectivity index is 2.06. The highest BCUT2D eigenvalue weighted by molar-refractivity contribution is 5.51. The summed E-state index contributed by atoms with van der Waals surface area (Å²) in [5, 5.41) is 0. The highest BCUT2D eigenvalue weighted by atomic mass is 19.1. The first-order chi connectivity index (χ1) is 10.7. The van der Waals surface area contributed by atoms with Gasteiger partial charge in [-0.2, -0.15) is 0 Å². The van der Waals surface area contributed by atoms with Crippen LogP contribution in [0.3, 0.4) is 0 Å². The summed E-state index contributed by atoms with van der Waals surface area (Å²) in [4.78, 5) is 2.36. The number of anilines is 1. The van der Waals surface area contributed by atoms with Crippen LogP contribution in [0.25, 0.3) is 0 Å². The van der Waals surface area contributed by atoms with Crippen LogP contribution < -0.4 is 9.64 Å². The van der Waals surface area contributed by atoms with Gasteiger partial charge in [-0.3, -0.25) is 0 Å². The second-order valence-electron chi connectivity index (χ2n) is 5.72. The lowest BCUT2D eigenvalue weighted by atomic mass is 10.0. The van der Waals surface area contributed by atoms with Gasteiger partial charge in [0.2, 0.25) is 0 Å². The number of unbranched alkanes of at least 4 members (excludes halogenated alkanes) is 2. The minimum Gasteiger partial charge on any atom is -0.497 e. The van der Waals surface area contributed by atoms with Crippen molar-refractivity contribution in [2.24, 2.45) is 0 Å². The van der Waals surface area contributed by atoms with E-state index in [2.05, 4.69) is 24.0 Å². The molecule has 0 amide bonds. The van der Waals surface area contributed by atoms with Crippen LogP contribution in [0.5, 0.6) is 5.75 Å². The Bertz CT molecular complexity index is 507. The van der Waals surface area contributed by atoms with Crippen molar-refractivity contribution in [3.8, 4) is 5.75 Å². The van der Waals surface area contributed by atoms with Gasteiger partial charge in [-0.05, 0) is 36.3 Å². The van der Waals surface area contributed by atoms with Gasteiger partial charge in [0.1, 0.15) is 11.9 Å². The molecule has 0 fully saturated rings. The Morgan fingerprint density at radius 1 is 1.23 bits per heavy atom. The topological polar surface area (TPSA) is 12.5 Å². The van der Waals surface area contributed by atoms with E-state index in [0.717, 1.165) is 18.8 Å². The maximum atomic E-state index is 13.2. The number of halogens is 1. The number of ether oxygens (including phenoxy) is 1. The van der Waals surface area contributed by atoms with Crippen LogP contribution in [0.4, 0.5) is 10.1 Å². The number of rotatable bonds is 8. The van der Waals surface area contributed by atoms with E-state index in [1.54, 1.807) is 13.2 Å². The average molecular weight is 303 g/mol. The van der Waals surface area contributed by atoms with Crippen molar-refractivity contribution in [2.45, 2.75) is 38.8 Å². The molecule has 0 saturated carbocycles. The Labute approximate surface area is 133 Å². The van der Waals surface area contributed by atoms with E-state index in [1.165, 1.54) is 30.5 Å². The predicted octanol–water partition coefficient (Wildman–Crippen LogP) is 4.92. The molecule has 1 aromatic carbocycles.